The summed E-state index contributed by atoms with van der Waals surface area (Å²) in [7, 11) is 0. The lowest BCUT2D eigenvalue weighted by Crippen LogP contribution is -2.30. The van der Waals surface area contributed by atoms with Gasteiger partial charge in [-0.25, -0.2) is 4.39 Å². The molecule has 3 aromatic carbocycles. The van der Waals surface area contributed by atoms with E-state index in [2.05, 4.69) is 5.32 Å². The molecule has 0 aliphatic heterocycles. The van der Waals surface area contributed by atoms with Gasteiger partial charge in [0.1, 0.15) is 11.6 Å². The summed E-state index contributed by atoms with van der Waals surface area (Å²) in [6, 6.07) is 24.0. The maximum atomic E-state index is 12.8. The number of hydrogen-bond acceptors (Lipinski definition) is 2. The number of carbonyl (C=O) groups excluding carboxylic acids is 1. The Balaban J connectivity index is 1.42. The molecule has 0 aliphatic rings. The van der Waals surface area contributed by atoms with Crippen LogP contribution in [0.2, 0.25) is 0 Å². The highest BCUT2D eigenvalue weighted by Crippen LogP contribution is 2.21. The number of carbonyl (C=O) groups is 1. The lowest BCUT2D eigenvalue weighted by molar-refractivity contribution is -0.123. The van der Waals surface area contributed by atoms with Gasteiger partial charge in [-0.1, -0.05) is 54.6 Å². The lowest BCUT2D eigenvalue weighted by atomic mass is 10.1. The quantitative estimate of drug-likeness (QED) is 0.693. The number of halogens is 1. The van der Waals surface area contributed by atoms with Crippen LogP contribution in [0.4, 0.5) is 4.39 Å². The summed E-state index contributed by atoms with van der Waals surface area (Å²) < 4.78 is 18.3. The highest BCUT2D eigenvalue weighted by molar-refractivity contribution is 5.77. The molecule has 0 aliphatic carbocycles. The molecule has 0 atom stereocenters. The SMILES string of the molecule is O=C(COc1ccc(-c2ccccc2)cc1)NCCc1ccc(F)cc1. The molecular formula is C22H20FNO2. The van der Waals surface area contributed by atoms with Crippen LogP contribution in [0.5, 0.6) is 5.75 Å². The zero-order valence-electron chi connectivity index (χ0n) is 14.3. The third kappa shape index (κ3) is 5.18. The molecule has 0 heterocycles. The van der Waals surface area contributed by atoms with Crippen LogP contribution in [-0.2, 0) is 11.2 Å². The third-order valence-electron chi connectivity index (χ3n) is 3.98. The molecule has 1 amide bonds. The van der Waals surface area contributed by atoms with E-state index < -0.39 is 0 Å². The van der Waals surface area contributed by atoms with E-state index in [1.807, 2.05) is 54.6 Å². The van der Waals surface area contributed by atoms with E-state index in [4.69, 9.17) is 4.74 Å². The van der Waals surface area contributed by atoms with Gasteiger partial charge >= 0.3 is 0 Å². The van der Waals surface area contributed by atoms with Crippen LogP contribution in [0.25, 0.3) is 11.1 Å². The zero-order chi connectivity index (χ0) is 18.2. The molecule has 0 saturated heterocycles. The summed E-state index contributed by atoms with van der Waals surface area (Å²) in [5.41, 5.74) is 3.21. The van der Waals surface area contributed by atoms with E-state index in [9.17, 15) is 9.18 Å². The molecule has 0 saturated carbocycles. The van der Waals surface area contributed by atoms with E-state index in [-0.39, 0.29) is 18.3 Å². The standard InChI is InChI=1S/C22H20FNO2/c23-20-10-6-17(7-11-20)14-15-24-22(25)16-26-21-12-8-19(9-13-21)18-4-2-1-3-5-18/h1-13H,14-16H2,(H,24,25). The molecule has 3 aromatic rings. The second-order valence-corrected chi connectivity index (χ2v) is 5.91. The predicted octanol–water partition coefficient (Wildman–Crippen LogP) is 4.23. The summed E-state index contributed by atoms with van der Waals surface area (Å²) in [6.07, 6.45) is 0.651. The van der Waals surface area contributed by atoms with E-state index in [1.54, 1.807) is 12.1 Å². The van der Waals surface area contributed by atoms with Crippen molar-refractivity contribution in [3.05, 3.63) is 90.2 Å². The van der Waals surface area contributed by atoms with E-state index in [0.717, 1.165) is 16.7 Å². The van der Waals surface area contributed by atoms with Gasteiger partial charge < -0.3 is 10.1 Å². The van der Waals surface area contributed by atoms with Crippen molar-refractivity contribution in [2.45, 2.75) is 6.42 Å². The van der Waals surface area contributed by atoms with Crippen molar-refractivity contribution in [1.29, 1.82) is 0 Å². The summed E-state index contributed by atoms with van der Waals surface area (Å²) in [5.74, 6) is 0.210. The Hall–Kier alpha value is -3.14. The first kappa shape index (κ1) is 17.7. The zero-order valence-corrected chi connectivity index (χ0v) is 14.3. The van der Waals surface area contributed by atoms with Crippen molar-refractivity contribution in [1.82, 2.24) is 5.32 Å². The molecule has 0 fully saturated rings. The van der Waals surface area contributed by atoms with Crippen LogP contribution in [0.3, 0.4) is 0 Å². The fourth-order valence-corrected chi connectivity index (χ4v) is 2.57. The van der Waals surface area contributed by atoms with Crippen LogP contribution in [0.15, 0.2) is 78.9 Å². The van der Waals surface area contributed by atoms with Crippen LogP contribution >= 0.6 is 0 Å². The van der Waals surface area contributed by atoms with Gasteiger partial charge in [-0.05, 0) is 47.4 Å². The maximum absolute atomic E-state index is 12.8. The van der Waals surface area contributed by atoms with Crippen LogP contribution in [0, 0.1) is 5.82 Å². The minimum absolute atomic E-state index is 0.0336. The lowest BCUT2D eigenvalue weighted by Gasteiger charge is -2.08. The number of benzene rings is 3. The Morgan fingerprint density at radius 1 is 0.846 bits per heavy atom. The van der Waals surface area contributed by atoms with Crippen LogP contribution < -0.4 is 10.1 Å². The number of nitrogens with one attached hydrogen (secondary N) is 1. The van der Waals surface area contributed by atoms with Gasteiger partial charge in [-0.2, -0.15) is 0 Å². The molecule has 0 bridgehead atoms. The van der Waals surface area contributed by atoms with Gasteiger partial charge in [0.15, 0.2) is 6.61 Å². The Morgan fingerprint density at radius 2 is 1.50 bits per heavy atom. The first-order valence-corrected chi connectivity index (χ1v) is 8.50. The summed E-state index contributed by atoms with van der Waals surface area (Å²) >= 11 is 0. The molecule has 0 radical (unpaired) electrons. The van der Waals surface area contributed by atoms with Gasteiger partial charge in [0.2, 0.25) is 0 Å². The summed E-state index contributed by atoms with van der Waals surface area (Å²) in [4.78, 5) is 11.9. The van der Waals surface area contributed by atoms with Crippen LogP contribution in [-0.4, -0.2) is 19.1 Å². The average molecular weight is 349 g/mol. The van der Waals surface area contributed by atoms with Crippen molar-refractivity contribution >= 4 is 5.91 Å². The number of rotatable bonds is 7. The Labute approximate surface area is 152 Å². The van der Waals surface area contributed by atoms with Gasteiger partial charge in [0.05, 0.1) is 0 Å². The smallest absolute Gasteiger partial charge is 0.257 e. The topological polar surface area (TPSA) is 38.3 Å². The molecule has 4 heteroatoms. The summed E-state index contributed by atoms with van der Waals surface area (Å²) in [5, 5.41) is 2.80. The second kappa shape index (κ2) is 8.81. The first-order valence-electron chi connectivity index (χ1n) is 8.50. The van der Waals surface area contributed by atoms with Gasteiger partial charge in [-0.3, -0.25) is 4.79 Å². The normalized spacial score (nSPS) is 10.3. The average Bonchev–Trinajstić information content (AvgIpc) is 2.69. The van der Waals surface area contributed by atoms with E-state index >= 15 is 0 Å². The molecule has 3 rings (SSSR count). The monoisotopic (exact) mass is 349 g/mol. The molecule has 0 unspecified atom stereocenters. The first-order chi connectivity index (χ1) is 12.7. The maximum Gasteiger partial charge on any atom is 0.257 e. The molecule has 26 heavy (non-hydrogen) atoms. The third-order valence-corrected chi connectivity index (χ3v) is 3.98. The van der Waals surface area contributed by atoms with Crippen molar-refractivity contribution in [3.8, 4) is 16.9 Å². The Morgan fingerprint density at radius 3 is 2.19 bits per heavy atom. The fourth-order valence-electron chi connectivity index (χ4n) is 2.57. The molecular weight excluding hydrogens is 329 g/mol. The predicted molar refractivity (Wildman–Crippen MR) is 100 cm³/mol. The number of hydrogen-bond donors (Lipinski definition) is 1. The van der Waals surface area contributed by atoms with Crippen molar-refractivity contribution < 1.29 is 13.9 Å². The summed E-state index contributed by atoms with van der Waals surface area (Å²) in [6.45, 7) is 0.453. The molecule has 0 spiro atoms. The Bertz CT molecular complexity index is 830. The largest absolute Gasteiger partial charge is 0.484 e. The minimum atomic E-state index is -0.260. The van der Waals surface area contributed by atoms with Crippen molar-refractivity contribution in [2.24, 2.45) is 0 Å². The molecule has 1 N–H and O–H groups in total. The highest BCUT2D eigenvalue weighted by atomic mass is 19.1. The van der Waals surface area contributed by atoms with Crippen LogP contribution in [0.1, 0.15) is 5.56 Å². The Kier molecular flexibility index (Phi) is 5.99. The van der Waals surface area contributed by atoms with Gasteiger partial charge in [0.25, 0.3) is 5.91 Å². The second-order valence-electron chi connectivity index (χ2n) is 5.91. The molecule has 132 valence electrons. The van der Waals surface area contributed by atoms with Crippen molar-refractivity contribution in [2.75, 3.05) is 13.2 Å². The minimum Gasteiger partial charge on any atom is -0.484 e. The van der Waals surface area contributed by atoms with Gasteiger partial charge in [-0.15, -0.1) is 0 Å². The van der Waals surface area contributed by atoms with E-state index in [0.29, 0.717) is 18.7 Å². The number of amides is 1. The number of ether oxygens (including phenoxy) is 1. The van der Waals surface area contributed by atoms with Gasteiger partial charge in [0, 0.05) is 6.54 Å². The highest BCUT2D eigenvalue weighted by Gasteiger charge is 2.04. The van der Waals surface area contributed by atoms with Crippen molar-refractivity contribution in [3.63, 3.8) is 0 Å². The molecule has 0 aromatic heterocycles. The molecule has 3 nitrogen and oxygen atoms in total. The van der Waals surface area contributed by atoms with E-state index in [1.165, 1.54) is 12.1 Å². The fraction of sp³-hybridized carbons (Fsp3) is 0.136.